The zero-order valence-corrected chi connectivity index (χ0v) is 26.3. The van der Waals surface area contributed by atoms with E-state index >= 15 is 0 Å². The Morgan fingerprint density at radius 2 is 1.27 bits per heavy atom. The number of hydrogen-bond acceptors (Lipinski definition) is 4. The zero-order valence-electron chi connectivity index (χ0n) is 26.3. The van der Waals surface area contributed by atoms with Gasteiger partial charge in [-0.3, -0.25) is 5.32 Å². The molecule has 9 rings (SSSR count). The molecule has 3 heterocycles. The number of nitrogens with zero attached hydrogens (tertiary/aromatic N) is 4. The molecule has 2 aliphatic rings. The predicted molar refractivity (Wildman–Crippen MR) is 193 cm³/mol. The third-order valence-electron chi connectivity index (χ3n) is 10.2. The van der Waals surface area contributed by atoms with Crippen LogP contribution in [0.3, 0.4) is 0 Å². The first-order chi connectivity index (χ1) is 23.7. The minimum atomic E-state index is 0.196. The van der Waals surface area contributed by atoms with Gasteiger partial charge in [-0.1, -0.05) is 66.7 Å². The number of nitrogens with one attached hydrogen (secondary N) is 1. The quantitative estimate of drug-likeness (QED) is 0.214. The van der Waals surface area contributed by atoms with E-state index < -0.39 is 0 Å². The average Bonchev–Trinajstić information content (AvgIpc) is 3.67. The van der Waals surface area contributed by atoms with Crippen molar-refractivity contribution in [3.8, 4) is 40.1 Å². The third-order valence-corrected chi connectivity index (χ3v) is 10.2. The minimum Gasteiger partial charge on any atom is -0.325 e. The highest BCUT2D eigenvalue weighted by molar-refractivity contribution is 6.10. The molecule has 0 amide bonds. The van der Waals surface area contributed by atoms with Crippen LogP contribution in [0.5, 0.6) is 0 Å². The van der Waals surface area contributed by atoms with Crippen molar-refractivity contribution in [2.75, 3.05) is 11.4 Å². The molecule has 2 atom stereocenters. The van der Waals surface area contributed by atoms with E-state index in [-0.39, 0.29) is 6.17 Å². The van der Waals surface area contributed by atoms with E-state index in [9.17, 15) is 10.5 Å². The van der Waals surface area contributed by atoms with Crippen molar-refractivity contribution in [1.82, 2.24) is 9.88 Å². The first-order valence-electron chi connectivity index (χ1n) is 16.5. The monoisotopic (exact) mass is 617 g/mol. The van der Waals surface area contributed by atoms with Crippen molar-refractivity contribution >= 4 is 33.2 Å². The van der Waals surface area contributed by atoms with Gasteiger partial charge < -0.3 is 9.47 Å². The van der Waals surface area contributed by atoms with Crippen LogP contribution >= 0.6 is 0 Å². The maximum atomic E-state index is 9.52. The highest BCUT2D eigenvalue weighted by atomic mass is 15.3. The number of aromatic nitrogens is 1. The van der Waals surface area contributed by atoms with E-state index in [1.165, 1.54) is 49.9 Å². The molecule has 1 saturated heterocycles. The van der Waals surface area contributed by atoms with Gasteiger partial charge in [-0.15, -0.1) is 0 Å². The SMILES string of the molecule is N#Cc1ccc(-c2ccc(N3c4ccc(-c5ccc6c(c5)c5ccccc5n6-c5ccccc5)cc4C4CCCNC43)cc2)cc1C#N. The average molecular weight is 618 g/mol. The fraction of sp³-hybridized carbons (Fsp3) is 0.116. The van der Waals surface area contributed by atoms with Crippen LogP contribution < -0.4 is 10.2 Å². The molecule has 48 heavy (non-hydrogen) atoms. The van der Waals surface area contributed by atoms with E-state index in [0.29, 0.717) is 17.0 Å². The number of piperidine rings is 1. The molecular weight excluding hydrogens is 587 g/mol. The predicted octanol–water partition coefficient (Wildman–Crippen LogP) is 9.81. The van der Waals surface area contributed by atoms with Crippen molar-refractivity contribution in [1.29, 1.82) is 10.5 Å². The van der Waals surface area contributed by atoms with Crippen LogP contribution in [0.4, 0.5) is 11.4 Å². The second kappa shape index (κ2) is 11.3. The summed E-state index contributed by atoms with van der Waals surface area (Å²) in [5, 5.41) is 25.2. The van der Waals surface area contributed by atoms with Crippen LogP contribution in [0, 0.1) is 22.7 Å². The molecule has 1 fully saturated rings. The summed E-state index contributed by atoms with van der Waals surface area (Å²) in [5.41, 5.74) is 12.6. The first kappa shape index (κ1) is 28.1. The summed E-state index contributed by atoms with van der Waals surface area (Å²) in [6, 6.07) is 51.5. The number of hydrogen-bond donors (Lipinski definition) is 1. The van der Waals surface area contributed by atoms with Gasteiger partial charge in [-0.05, 0) is 114 Å². The maximum absolute atomic E-state index is 9.52. The molecule has 2 unspecified atom stereocenters. The molecule has 0 aliphatic carbocycles. The number of benzene rings is 6. The molecule has 0 saturated carbocycles. The molecule has 7 aromatic rings. The Kier molecular flexibility index (Phi) is 6.61. The van der Waals surface area contributed by atoms with Gasteiger partial charge in [0.25, 0.3) is 0 Å². The fourth-order valence-electron chi connectivity index (χ4n) is 7.90. The molecule has 5 heteroatoms. The van der Waals surface area contributed by atoms with E-state index in [2.05, 4.69) is 142 Å². The van der Waals surface area contributed by atoms with Gasteiger partial charge in [0, 0.05) is 33.8 Å². The summed E-state index contributed by atoms with van der Waals surface area (Å²) in [4.78, 5) is 2.46. The van der Waals surface area contributed by atoms with Crippen LogP contribution in [-0.4, -0.2) is 17.3 Å². The van der Waals surface area contributed by atoms with E-state index in [1.54, 1.807) is 12.1 Å². The Labute approximate surface area is 279 Å². The van der Waals surface area contributed by atoms with Gasteiger partial charge in [0.05, 0.1) is 28.3 Å². The van der Waals surface area contributed by atoms with Crippen molar-refractivity contribution < 1.29 is 0 Å². The normalized spacial score (nSPS) is 16.8. The van der Waals surface area contributed by atoms with Gasteiger partial charge in [-0.25, -0.2) is 0 Å². The molecule has 0 spiro atoms. The Morgan fingerprint density at radius 1 is 0.583 bits per heavy atom. The van der Waals surface area contributed by atoms with Gasteiger partial charge >= 0.3 is 0 Å². The third kappa shape index (κ3) is 4.41. The largest absolute Gasteiger partial charge is 0.325 e. The maximum Gasteiger partial charge on any atom is 0.101 e. The van der Waals surface area contributed by atoms with Gasteiger partial charge in [-0.2, -0.15) is 10.5 Å². The Balaban J connectivity index is 1.10. The lowest BCUT2D eigenvalue weighted by Crippen LogP contribution is -2.46. The highest BCUT2D eigenvalue weighted by Crippen LogP contribution is 2.49. The summed E-state index contributed by atoms with van der Waals surface area (Å²) in [7, 11) is 0. The molecule has 0 bridgehead atoms. The van der Waals surface area contributed by atoms with Gasteiger partial charge in [0.15, 0.2) is 0 Å². The highest BCUT2D eigenvalue weighted by Gasteiger charge is 2.40. The number of nitriles is 2. The van der Waals surface area contributed by atoms with E-state index in [4.69, 9.17) is 0 Å². The number of rotatable bonds is 4. The molecule has 1 aromatic heterocycles. The molecular formula is C43H31N5. The van der Waals surface area contributed by atoms with Crippen molar-refractivity contribution in [3.63, 3.8) is 0 Å². The van der Waals surface area contributed by atoms with Gasteiger partial charge in [0.1, 0.15) is 12.1 Å². The molecule has 6 aromatic carbocycles. The van der Waals surface area contributed by atoms with E-state index in [1.807, 2.05) is 6.07 Å². The molecule has 0 radical (unpaired) electrons. The fourth-order valence-corrected chi connectivity index (χ4v) is 7.90. The Hall–Kier alpha value is -6.14. The lowest BCUT2D eigenvalue weighted by Gasteiger charge is -2.34. The second-order valence-electron chi connectivity index (χ2n) is 12.7. The molecule has 1 N–H and O–H groups in total. The summed E-state index contributed by atoms with van der Waals surface area (Å²) in [6.45, 7) is 1.00. The topological polar surface area (TPSA) is 67.8 Å². The van der Waals surface area contributed by atoms with Crippen LogP contribution in [0.15, 0.2) is 133 Å². The minimum absolute atomic E-state index is 0.196. The molecule has 2 aliphatic heterocycles. The summed E-state index contributed by atoms with van der Waals surface area (Å²) in [5.74, 6) is 0.397. The summed E-state index contributed by atoms with van der Waals surface area (Å²) < 4.78 is 2.36. The number of para-hydroxylation sites is 2. The smallest absolute Gasteiger partial charge is 0.101 e. The van der Waals surface area contributed by atoms with Gasteiger partial charge in [0.2, 0.25) is 0 Å². The van der Waals surface area contributed by atoms with Crippen LogP contribution in [-0.2, 0) is 0 Å². The van der Waals surface area contributed by atoms with Crippen LogP contribution in [0.2, 0.25) is 0 Å². The molecule has 228 valence electrons. The number of anilines is 2. The number of fused-ring (bicyclic) bond motifs is 6. The van der Waals surface area contributed by atoms with Crippen molar-refractivity contribution in [2.24, 2.45) is 0 Å². The Morgan fingerprint density at radius 3 is 2.10 bits per heavy atom. The Bertz CT molecular complexity index is 2440. The van der Waals surface area contributed by atoms with Crippen molar-refractivity contribution in [3.05, 3.63) is 150 Å². The molecule has 5 nitrogen and oxygen atoms in total. The lowest BCUT2D eigenvalue weighted by molar-refractivity contribution is 0.374. The van der Waals surface area contributed by atoms with E-state index in [0.717, 1.165) is 36.2 Å². The summed E-state index contributed by atoms with van der Waals surface area (Å²) in [6.07, 6.45) is 2.50. The first-order valence-corrected chi connectivity index (χ1v) is 16.5. The zero-order chi connectivity index (χ0) is 32.2. The van der Waals surface area contributed by atoms with Crippen molar-refractivity contribution in [2.45, 2.75) is 24.9 Å². The standard InChI is InChI=1S/C43H31N5/c44-26-32-13-12-29(23-33(32)27-45)28-14-18-35(19-15-28)48-42-21-17-31(25-39(42)37-10-6-22-46-43(37)48)30-16-20-41-38(24-30)36-9-4-5-11-40(36)47(41)34-7-2-1-3-8-34/h1-5,7-9,11-21,23-25,37,43,46H,6,10,22H2. The van der Waals surface area contributed by atoms with Crippen LogP contribution in [0.25, 0.3) is 49.7 Å². The van der Waals surface area contributed by atoms with Crippen LogP contribution in [0.1, 0.15) is 35.4 Å². The lowest BCUT2D eigenvalue weighted by atomic mass is 9.89. The summed E-state index contributed by atoms with van der Waals surface area (Å²) >= 11 is 0. The second-order valence-corrected chi connectivity index (χ2v) is 12.7.